The van der Waals surface area contributed by atoms with Crippen LogP contribution in [0, 0.1) is 0 Å². The number of nitrogens with one attached hydrogen (secondary N) is 1. The quantitative estimate of drug-likeness (QED) is 0.261. The Labute approximate surface area is 266 Å². The fraction of sp³-hybridized carbons (Fsp3) is 0.294. The predicted octanol–water partition coefficient (Wildman–Crippen LogP) is 5.36. The summed E-state index contributed by atoms with van der Waals surface area (Å²) >= 11 is 6.05. The Bertz CT molecular complexity index is 1770. The van der Waals surface area contributed by atoms with Crippen molar-refractivity contribution in [2.24, 2.45) is 0 Å². The summed E-state index contributed by atoms with van der Waals surface area (Å²) in [5, 5.41) is 19.9. The third-order valence-corrected chi connectivity index (χ3v) is 9.11. The van der Waals surface area contributed by atoms with Crippen LogP contribution in [0.1, 0.15) is 35.2 Å². The molecule has 2 aliphatic rings. The van der Waals surface area contributed by atoms with Crippen LogP contribution in [0.15, 0.2) is 91.4 Å². The van der Waals surface area contributed by atoms with Crippen molar-refractivity contribution in [2.45, 2.75) is 24.9 Å². The zero-order chi connectivity index (χ0) is 30.8. The monoisotopic (exact) mass is 622 g/mol. The molecule has 230 valence electrons. The number of rotatable bonds is 6. The first-order valence-corrected chi connectivity index (χ1v) is 15.7. The second kappa shape index (κ2) is 12.4. The lowest BCUT2D eigenvalue weighted by Gasteiger charge is -2.39. The van der Waals surface area contributed by atoms with Gasteiger partial charge in [-0.2, -0.15) is 4.98 Å². The SMILES string of the molecule is O=C(c1ccc(Nc2nc3c(N4CCC(O)(c5ccc(Cl)cc5)CC4)cccn3n2)cc1)N1CCCN(c2ccncc2)CC1. The van der Waals surface area contributed by atoms with Crippen molar-refractivity contribution in [1.82, 2.24) is 24.5 Å². The lowest BCUT2D eigenvalue weighted by molar-refractivity contribution is 0.0118. The number of aromatic nitrogens is 4. The Hall–Kier alpha value is -4.67. The van der Waals surface area contributed by atoms with E-state index in [2.05, 4.69) is 25.2 Å². The molecule has 2 aliphatic heterocycles. The Kier molecular flexibility index (Phi) is 7.99. The number of nitrogens with zero attached hydrogens (tertiary/aromatic N) is 7. The molecular formula is C34H35ClN8O2. The minimum atomic E-state index is -0.881. The highest BCUT2D eigenvalue weighted by molar-refractivity contribution is 6.30. The van der Waals surface area contributed by atoms with E-state index in [1.807, 2.05) is 83.9 Å². The Morgan fingerprint density at radius 3 is 2.36 bits per heavy atom. The Morgan fingerprint density at radius 1 is 0.844 bits per heavy atom. The fourth-order valence-corrected chi connectivity index (χ4v) is 6.43. The highest BCUT2D eigenvalue weighted by atomic mass is 35.5. The molecule has 5 heterocycles. The zero-order valence-electron chi connectivity index (χ0n) is 24.9. The van der Waals surface area contributed by atoms with Gasteiger partial charge in [0.2, 0.25) is 5.95 Å². The summed E-state index contributed by atoms with van der Waals surface area (Å²) in [6.45, 7) is 4.47. The fourth-order valence-electron chi connectivity index (χ4n) is 6.30. The molecule has 5 aromatic rings. The van der Waals surface area contributed by atoms with Crippen LogP contribution in [-0.2, 0) is 5.60 Å². The van der Waals surface area contributed by atoms with Crippen LogP contribution in [0.2, 0.25) is 5.02 Å². The summed E-state index contributed by atoms with van der Waals surface area (Å²) < 4.78 is 1.77. The summed E-state index contributed by atoms with van der Waals surface area (Å²) in [5.41, 5.74) is 4.32. The van der Waals surface area contributed by atoms with Crippen LogP contribution in [0.5, 0.6) is 0 Å². The van der Waals surface area contributed by atoms with Gasteiger partial charge < -0.3 is 25.1 Å². The molecule has 0 atom stereocenters. The van der Waals surface area contributed by atoms with Crippen LogP contribution in [-0.4, -0.2) is 74.8 Å². The van der Waals surface area contributed by atoms with Crippen molar-refractivity contribution in [1.29, 1.82) is 0 Å². The molecule has 1 amide bonds. The molecule has 7 rings (SSSR count). The lowest BCUT2D eigenvalue weighted by Crippen LogP contribution is -2.42. The summed E-state index contributed by atoms with van der Waals surface area (Å²) in [7, 11) is 0. The number of amides is 1. The normalized spacial score (nSPS) is 16.9. The molecule has 0 bridgehead atoms. The number of hydrogen-bond donors (Lipinski definition) is 2. The number of halogens is 1. The minimum Gasteiger partial charge on any atom is -0.385 e. The molecule has 0 radical (unpaired) electrons. The molecule has 2 aromatic carbocycles. The number of carbonyl (C=O) groups is 1. The van der Waals surface area contributed by atoms with Gasteiger partial charge in [0.1, 0.15) is 0 Å². The highest BCUT2D eigenvalue weighted by Crippen LogP contribution is 2.36. The molecule has 0 saturated carbocycles. The molecule has 2 fully saturated rings. The topological polar surface area (TPSA) is 102 Å². The standard InChI is InChI=1S/C34H35ClN8O2/c35-27-8-6-26(7-9-27)34(45)14-21-41(22-15-34)30-3-1-20-43-31(30)38-33(39-43)37-28-10-4-25(5-11-28)32(44)42-19-2-18-40(23-24-42)29-12-16-36-17-13-29/h1,3-13,16-17,20,45H,2,14-15,18-19,21-24H2,(H,37,39). The van der Waals surface area contributed by atoms with E-state index in [1.165, 1.54) is 0 Å². The summed E-state index contributed by atoms with van der Waals surface area (Å²) in [4.78, 5) is 28.7. The van der Waals surface area contributed by atoms with Crippen LogP contribution >= 0.6 is 11.6 Å². The molecule has 0 aliphatic carbocycles. The van der Waals surface area contributed by atoms with Gasteiger partial charge in [-0.05, 0) is 85.5 Å². The number of carbonyl (C=O) groups excluding carboxylic acids is 1. The van der Waals surface area contributed by atoms with Crippen molar-refractivity contribution < 1.29 is 9.90 Å². The van der Waals surface area contributed by atoms with Gasteiger partial charge in [-0.25, -0.2) is 4.52 Å². The first-order valence-electron chi connectivity index (χ1n) is 15.4. The number of fused-ring (bicyclic) bond motifs is 1. The van der Waals surface area contributed by atoms with E-state index in [0.29, 0.717) is 49.0 Å². The highest BCUT2D eigenvalue weighted by Gasteiger charge is 2.34. The molecule has 0 unspecified atom stereocenters. The molecule has 0 spiro atoms. The van der Waals surface area contributed by atoms with Crippen molar-refractivity contribution in [3.8, 4) is 0 Å². The maximum Gasteiger partial charge on any atom is 0.253 e. The third kappa shape index (κ3) is 6.16. The molecule has 45 heavy (non-hydrogen) atoms. The summed E-state index contributed by atoms with van der Waals surface area (Å²) in [5.74, 6) is 0.512. The molecule has 10 nitrogen and oxygen atoms in total. The van der Waals surface area contributed by atoms with Crippen LogP contribution in [0.4, 0.5) is 23.0 Å². The van der Waals surface area contributed by atoms with Gasteiger partial charge in [0.05, 0.1) is 11.3 Å². The molecule has 2 N–H and O–H groups in total. The molecule has 3 aromatic heterocycles. The maximum absolute atomic E-state index is 13.3. The van der Waals surface area contributed by atoms with E-state index < -0.39 is 5.60 Å². The van der Waals surface area contributed by atoms with E-state index in [-0.39, 0.29) is 5.91 Å². The number of hydrogen-bond acceptors (Lipinski definition) is 8. The van der Waals surface area contributed by atoms with Gasteiger partial charge in [-0.1, -0.05) is 23.7 Å². The average Bonchev–Trinajstić information content (AvgIpc) is 3.32. The lowest BCUT2D eigenvalue weighted by atomic mass is 9.84. The van der Waals surface area contributed by atoms with Gasteiger partial charge in [0.15, 0.2) is 5.65 Å². The van der Waals surface area contributed by atoms with Crippen LogP contribution in [0.25, 0.3) is 5.65 Å². The second-order valence-electron chi connectivity index (χ2n) is 11.7. The zero-order valence-corrected chi connectivity index (χ0v) is 25.6. The maximum atomic E-state index is 13.3. The van der Waals surface area contributed by atoms with Crippen molar-refractivity contribution in [3.63, 3.8) is 0 Å². The molecule has 11 heteroatoms. The molecule has 2 saturated heterocycles. The van der Waals surface area contributed by atoms with E-state index in [0.717, 1.165) is 54.3 Å². The number of anilines is 4. The van der Waals surface area contributed by atoms with E-state index in [1.54, 1.807) is 16.9 Å². The van der Waals surface area contributed by atoms with Crippen LogP contribution < -0.4 is 15.1 Å². The van der Waals surface area contributed by atoms with Crippen molar-refractivity contribution in [2.75, 3.05) is 54.4 Å². The van der Waals surface area contributed by atoms with E-state index >= 15 is 0 Å². The Morgan fingerprint density at radius 2 is 1.60 bits per heavy atom. The number of piperidine rings is 1. The average molecular weight is 623 g/mol. The second-order valence-corrected chi connectivity index (χ2v) is 12.1. The first kappa shape index (κ1) is 29.1. The number of benzene rings is 2. The van der Waals surface area contributed by atoms with Gasteiger partial charge in [-0.15, -0.1) is 5.10 Å². The van der Waals surface area contributed by atoms with Gasteiger partial charge in [0, 0.05) is 79.8 Å². The largest absolute Gasteiger partial charge is 0.385 e. The van der Waals surface area contributed by atoms with Crippen molar-refractivity contribution in [3.05, 3.63) is 108 Å². The summed E-state index contributed by atoms with van der Waals surface area (Å²) in [6, 6.07) is 23.0. The summed E-state index contributed by atoms with van der Waals surface area (Å²) in [6.07, 6.45) is 7.59. The minimum absolute atomic E-state index is 0.0399. The van der Waals surface area contributed by atoms with Crippen molar-refractivity contribution >= 4 is 46.2 Å². The van der Waals surface area contributed by atoms with Gasteiger partial charge in [-0.3, -0.25) is 9.78 Å². The van der Waals surface area contributed by atoms with E-state index in [4.69, 9.17) is 16.6 Å². The molecular weight excluding hydrogens is 588 g/mol. The smallest absolute Gasteiger partial charge is 0.253 e. The predicted molar refractivity (Wildman–Crippen MR) is 176 cm³/mol. The number of aliphatic hydroxyl groups is 1. The Balaban J connectivity index is 0.996. The van der Waals surface area contributed by atoms with E-state index in [9.17, 15) is 9.90 Å². The third-order valence-electron chi connectivity index (χ3n) is 8.85. The van der Waals surface area contributed by atoms with Gasteiger partial charge >= 0.3 is 0 Å². The first-order chi connectivity index (χ1) is 21.9. The van der Waals surface area contributed by atoms with Crippen LogP contribution in [0.3, 0.4) is 0 Å². The number of pyridine rings is 2. The van der Waals surface area contributed by atoms with Gasteiger partial charge in [0.25, 0.3) is 5.91 Å².